The van der Waals surface area contributed by atoms with E-state index in [1.54, 1.807) is 20.8 Å². The number of phenols is 3. The number of esters is 4. The predicted octanol–water partition coefficient (Wildman–Crippen LogP) is 10.9. The van der Waals surface area contributed by atoms with Crippen LogP contribution in [0.5, 0.6) is 34.5 Å². The van der Waals surface area contributed by atoms with Gasteiger partial charge in [-0.15, -0.1) is 0 Å². The minimum atomic E-state index is -1.22. The van der Waals surface area contributed by atoms with Crippen LogP contribution in [0.25, 0.3) is 22.3 Å². The first-order valence-electron chi connectivity index (χ1n) is 40.2. The molecule has 35 nitrogen and oxygen atoms in total. The molecular weight excluding hydrogens is 1620 g/mol. The van der Waals surface area contributed by atoms with Crippen molar-refractivity contribution in [2.24, 2.45) is 27.7 Å². The van der Waals surface area contributed by atoms with Crippen LogP contribution >= 0.6 is 0 Å². The highest BCUT2D eigenvalue weighted by atomic mass is 16.6. The molecule has 0 saturated carbocycles. The highest BCUT2D eigenvalue weighted by Crippen LogP contribution is 2.46. The van der Waals surface area contributed by atoms with Gasteiger partial charge in [-0.2, -0.15) is 0 Å². The van der Waals surface area contributed by atoms with Gasteiger partial charge in [-0.05, 0) is 118 Å². The van der Waals surface area contributed by atoms with E-state index in [4.69, 9.17) is 68.7 Å². The summed E-state index contributed by atoms with van der Waals surface area (Å²) >= 11 is 0. The van der Waals surface area contributed by atoms with Crippen LogP contribution in [-0.4, -0.2) is 210 Å². The quantitative estimate of drug-likeness (QED) is 0.00997. The summed E-state index contributed by atoms with van der Waals surface area (Å²) in [6, 6.07) is 41.3. The van der Waals surface area contributed by atoms with Gasteiger partial charge in [0, 0.05) is 56.2 Å². The zero-order chi connectivity index (χ0) is 91.3. The van der Waals surface area contributed by atoms with Crippen molar-refractivity contribution in [3.8, 4) is 56.8 Å². The number of nitrogens with two attached hydrogens (primary N) is 2. The zero-order valence-electron chi connectivity index (χ0n) is 72.5. The number of carboxylic acid groups (broad SMARTS) is 1. The number of aromatic hydroxyl groups is 3. The van der Waals surface area contributed by atoms with E-state index < -0.39 is 84.2 Å². The van der Waals surface area contributed by atoms with E-state index in [9.17, 15) is 68.1 Å². The third kappa shape index (κ3) is 34.1. The molecular formula is C90H117N9O26. The summed E-state index contributed by atoms with van der Waals surface area (Å²) in [5.41, 5.74) is 18.9. The Bertz CT molecular complexity index is 4680. The van der Waals surface area contributed by atoms with Crippen molar-refractivity contribution in [3.63, 3.8) is 0 Å². The second-order valence-corrected chi connectivity index (χ2v) is 31.5. The first kappa shape index (κ1) is 102. The number of rotatable bonds is 35. The average Bonchev–Trinajstić information content (AvgIpc) is 1.62. The summed E-state index contributed by atoms with van der Waals surface area (Å²) in [4.78, 5) is 132. The first-order chi connectivity index (χ1) is 58.9. The fourth-order valence-electron chi connectivity index (χ4n) is 11.8. The molecule has 0 spiro atoms. The molecule has 0 aliphatic heterocycles. The minimum absolute atomic E-state index is 0. The number of fused-ring (bicyclic) bond motifs is 6. The van der Waals surface area contributed by atoms with Gasteiger partial charge in [0.1, 0.15) is 84.6 Å². The van der Waals surface area contributed by atoms with Gasteiger partial charge >= 0.3 is 54.2 Å². The Morgan fingerprint density at radius 2 is 0.720 bits per heavy atom. The van der Waals surface area contributed by atoms with Crippen LogP contribution < -0.4 is 63.7 Å². The second kappa shape index (κ2) is 50.2. The smallest absolute Gasteiger partial charge is 0.407 e. The van der Waals surface area contributed by atoms with Crippen LogP contribution in [0.3, 0.4) is 0 Å². The molecule has 0 radical (unpaired) electrons. The fraction of sp³-hybridized carbons (Fsp3) is 0.411. The van der Waals surface area contributed by atoms with Crippen molar-refractivity contribution in [2.45, 2.75) is 119 Å². The van der Waals surface area contributed by atoms with Crippen molar-refractivity contribution in [2.75, 3.05) is 105 Å². The van der Waals surface area contributed by atoms with E-state index in [1.807, 2.05) is 123 Å². The van der Waals surface area contributed by atoms with Crippen molar-refractivity contribution < 1.29 is 125 Å². The number of carboxylic acids is 1. The third-order valence-corrected chi connectivity index (χ3v) is 17.6. The molecule has 7 aromatic rings. The van der Waals surface area contributed by atoms with E-state index in [-0.39, 0.29) is 179 Å². The maximum atomic E-state index is 12.8. The van der Waals surface area contributed by atoms with Gasteiger partial charge in [0.05, 0.1) is 70.3 Å². The molecule has 2 aliphatic carbocycles. The summed E-state index contributed by atoms with van der Waals surface area (Å²) in [6.07, 6.45) is -2.86. The number of alkyl carbamates (subject to hydrolysis) is 4. The topological polar surface area (TPSA) is 529 Å². The Morgan fingerprint density at radius 3 is 1.06 bits per heavy atom. The number of ether oxygens (including phenoxy) is 11. The van der Waals surface area contributed by atoms with E-state index in [1.165, 1.54) is 54.6 Å². The summed E-state index contributed by atoms with van der Waals surface area (Å²) in [5.74, 6) is -5.20. The molecule has 35 heteroatoms. The molecule has 125 heavy (non-hydrogen) atoms. The number of amides is 6. The van der Waals surface area contributed by atoms with Crippen LogP contribution in [0.2, 0.25) is 0 Å². The summed E-state index contributed by atoms with van der Waals surface area (Å²) < 4.78 is 57.2. The van der Waals surface area contributed by atoms with Gasteiger partial charge in [0.15, 0.2) is 0 Å². The Morgan fingerprint density at radius 1 is 0.392 bits per heavy atom. The van der Waals surface area contributed by atoms with Gasteiger partial charge in [-0.1, -0.05) is 159 Å². The molecule has 0 bridgehead atoms. The van der Waals surface area contributed by atoms with E-state index in [0.717, 1.165) is 44.5 Å². The average molecular weight is 1740 g/mol. The molecule has 0 heterocycles. The zero-order valence-corrected chi connectivity index (χ0v) is 72.5. The molecule has 2 aliphatic rings. The van der Waals surface area contributed by atoms with Gasteiger partial charge in [0.2, 0.25) is 0 Å². The third-order valence-electron chi connectivity index (χ3n) is 17.6. The molecule has 6 amide bonds. The number of hydrogen-bond acceptors (Lipinski definition) is 28. The molecule has 678 valence electrons. The number of aromatic carboxylic acids is 1. The number of nitrogens with one attached hydrogen (secondary N) is 6. The maximum absolute atomic E-state index is 12.8. The molecule has 7 aromatic carbocycles. The maximum Gasteiger partial charge on any atom is 0.407 e. The van der Waals surface area contributed by atoms with Crippen LogP contribution in [0.15, 0.2) is 152 Å². The van der Waals surface area contributed by atoms with E-state index in [2.05, 4.69) is 68.3 Å². The fourth-order valence-corrected chi connectivity index (χ4v) is 11.8. The largest absolute Gasteiger partial charge is 0.507 e. The van der Waals surface area contributed by atoms with Gasteiger partial charge in [0.25, 0.3) is 11.8 Å². The molecule has 3 atom stereocenters. The number of carbonyl (C=O) groups excluding carboxylic acids is 10. The Hall–Kier alpha value is -13.4. The van der Waals surface area contributed by atoms with E-state index >= 15 is 0 Å². The Kier molecular flexibility index (Phi) is 41.1. The van der Waals surface area contributed by atoms with Crippen LogP contribution in [-0.2, 0) is 57.1 Å². The molecule has 0 unspecified atom stereocenters. The summed E-state index contributed by atoms with van der Waals surface area (Å²) in [6.45, 7) is 23.8. The highest BCUT2D eigenvalue weighted by molar-refractivity contribution is 5.98. The van der Waals surface area contributed by atoms with Crippen LogP contribution in [0.1, 0.15) is 155 Å². The van der Waals surface area contributed by atoms with Gasteiger partial charge < -0.3 is 122 Å². The van der Waals surface area contributed by atoms with E-state index in [0.29, 0.717) is 18.0 Å². The van der Waals surface area contributed by atoms with Crippen molar-refractivity contribution in [1.82, 2.24) is 38.1 Å². The number of hydrogen-bond donors (Lipinski definition) is 13. The van der Waals surface area contributed by atoms with Crippen molar-refractivity contribution in [1.29, 1.82) is 0 Å². The number of benzene rings is 7. The normalized spacial score (nSPS) is 12.2. The number of carbonyl (C=O) groups is 11. The lowest BCUT2D eigenvalue weighted by Gasteiger charge is -2.21. The van der Waals surface area contributed by atoms with Gasteiger partial charge in [-0.3, -0.25) is 14.4 Å². The highest BCUT2D eigenvalue weighted by Gasteiger charge is 2.33. The molecule has 0 aromatic heterocycles. The van der Waals surface area contributed by atoms with Crippen LogP contribution in [0, 0.1) is 16.2 Å². The van der Waals surface area contributed by atoms with Crippen LogP contribution in [0.4, 0.5) is 19.2 Å². The number of phenolic OH excluding ortho intramolecular Hbond substituents is 2. The summed E-state index contributed by atoms with van der Waals surface area (Å²) in [7, 11) is 0. The second-order valence-electron chi connectivity index (χ2n) is 31.5. The summed E-state index contributed by atoms with van der Waals surface area (Å²) in [5, 5.41) is 53.9. The molecule has 9 rings (SSSR count). The Labute approximate surface area is 726 Å². The van der Waals surface area contributed by atoms with Crippen molar-refractivity contribution >= 4 is 66.0 Å². The first-order valence-corrected chi connectivity index (χ1v) is 40.2. The molecule has 17 N–H and O–H groups in total. The lowest BCUT2D eigenvalue weighted by molar-refractivity contribution is -0.146. The monoisotopic (exact) mass is 1740 g/mol. The Balaban J connectivity index is 0.000000311. The molecule has 0 fully saturated rings. The SMILES string of the molecule is CCOC(=O)[C@H](CN)NC(=O)OCC(C)(C)C.CCOC(=O)[C@H](CNC(=O)c1ccc(OCCC(=O)OCC2c3ccccc3-c3ccccc32)cc1O)NC(=O)OCC(C)(C)C.CCOC(=O)[C@H](CNC(=O)c1ccc(OCCN)cc1O)NC(=O)OCC(C)(C)C.N.O=C(NCCOc1ccc(C(=O)O)c(O)c1)OCC1c2ccccc2-c2ccccc21. The minimum Gasteiger partial charge on any atom is -0.507 e. The standard InChI is InChI=1S/C35H40N2O9.C24H21NO6.C20H31N3O7.C11H22N2O4.H3N/c1-5-43-33(41)29(37-34(42)46-21-35(2,3)4)19-36-32(40)27-15-14-22(18-30(27)38)44-17-16-31(39)45-20-28-25-12-8-6-10-23(25)24-11-7-9-13-26(24)28;26-22-13-15(9-10-20(22)23(27)28)30-12-11-25-24(29)31-14-21-18-7-3-1-5-16(18)17-6-2-4-8-19(17)21;1-5-28-18(26)15(23-19(27)30-12-20(2,3)4)11-22-17(25)14-7-6-13(10-16(14)24)29-9-8-21;1-5-16-9(14)8(6-12)13-10(15)17-7-11(2,3)4;/h6-15,18,28-29,38H,5,16-17,19-21H2,1-4H3,(H,36,40)(H,37,42);1-10,13,21,26H,11-12,14H2,(H,25,29)(H,27,28);6-7,10,15,24H,5,8-9,11-12,21H2,1-4H3,(H,22,25)(H,23,27);8H,5-7,12H2,1-4H3,(H,13,15);1H3/t29-;;15-;8-;/m0.00./s1. The lowest BCUT2D eigenvalue weighted by atomic mass is 9.98. The lowest BCUT2D eigenvalue weighted by Crippen LogP contribution is -2.49. The van der Waals surface area contributed by atoms with Gasteiger partial charge in [-0.25, -0.2) is 38.4 Å². The van der Waals surface area contributed by atoms with Crippen molar-refractivity contribution in [3.05, 3.63) is 191 Å². The predicted molar refractivity (Wildman–Crippen MR) is 461 cm³/mol. The molecule has 0 saturated heterocycles.